The Hall–Kier alpha value is -0.960. The number of hydrogen-bond donors (Lipinski definition) is 0. The van der Waals surface area contributed by atoms with Crippen LogP contribution in [-0.2, 0) is 6.42 Å². The second-order valence-corrected chi connectivity index (χ2v) is 4.97. The van der Waals surface area contributed by atoms with Gasteiger partial charge >= 0.3 is 0 Å². The Morgan fingerprint density at radius 2 is 2.38 bits per heavy atom. The molecule has 2 rings (SSSR count). The minimum Gasteiger partial charge on any atom is -0.492 e. The van der Waals surface area contributed by atoms with Crippen molar-refractivity contribution in [2.24, 2.45) is 0 Å². The molecule has 0 fully saturated rings. The van der Waals surface area contributed by atoms with Crippen molar-refractivity contribution < 1.29 is 9.53 Å². The lowest BCUT2D eigenvalue weighted by atomic mass is 10.1. The molecule has 0 amide bonds. The maximum absolute atomic E-state index is 12.0. The molecule has 0 radical (unpaired) electrons. The molecule has 0 atom stereocenters. The van der Waals surface area contributed by atoms with E-state index in [0.717, 1.165) is 29.9 Å². The van der Waals surface area contributed by atoms with Gasteiger partial charge in [-0.25, -0.2) is 0 Å². The second kappa shape index (κ2) is 5.39. The summed E-state index contributed by atoms with van der Waals surface area (Å²) < 4.78 is 5.53. The molecule has 1 heterocycles. The van der Waals surface area contributed by atoms with E-state index in [4.69, 9.17) is 4.74 Å². The Labute approximate surface area is 100 Å². The van der Waals surface area contributed by atoms with Gasteiger partial charge in [0.2, 0.25) is 0 Å². The molecule has 0 aliphatic carbocycles. The highest BCUT2D eigenvalue weighted by atomic mass is 32.2. The number of benzene rings is 1. The summed E-state index contributed by atoms with van der Waals surface area (Å²) >= 11 is 1.70. The zero-order chi connectivity index (χ0) is 11.4. The summed E-state index contributed by atoms with van der Waals surface area (Å²) in [6.07, 6.45) is 2.04. The van der Waals surface area contributed by atoms with Gasteiger partial charge < -0.3 is 4.74 Å². The van der Waals surface area contributed by atoms with Gasteiger partial charge in [0.05, 0.1) is 17.9 Å². The fourth-order valence-corrected chi connectivity index (χ4v) is 2.60. The smallest absolute Gasteiger partial charge is 0.176 e. The quantitative estimate of drug-likeness (QED) is 0.581. The third-order valence-corrected chi connectivity index (χ3v) is 3.76. The number of thioether (sulfide) groups is 1. The highest BCUT2D eigenvalue weighted by Gasteiger charge is 2.19. The molecule has 1 aromatic rings. The SMILES string of the molecule is CCCSCC(=O)c1cccc2c1OCC2. The van der Waals surface area contributed by atoms with Crippen molar-refractivity contribution in [3.05, 3.63) is 29.3 Å². The molecule has 2 nitrogen and oxygen atoms in total. The second-order valence-electron chi connectivity index (χ2n) is 3.87. The predicted octanol–water partition coefficient (Wildman–Crippen LogP) is 2.95. The Morgan fingerprint density at radius 3 is 3.19 bits per heavy atom. The maximum Gasteiger partial charge on any atom is 0.176 e. The van der Waals surface area contributed by atoms with Crippen molar-refractivity contribution in [2.45, 2.75) is 19.8 Å². The van der Waals surface area contributed by atoms with Crippen LogP contribution in [0.2, 0.25) is 0 Å². The Balaban J connectivity index is 2.09. The number of ketones is 1. The van der Waals surface area contributed by atoms with Crippen molar-refractivity contribution in [1.82, 2.24) is 0 Å². The summed E-state index contributed by atoms with van der Waals surface area (Å²) in [7, 11) is 0. The van der Waals surface area contributed by atoms with Crippen LogP contribution in [0.3, 0.4) is 0 Å². The molecular weight excluding hydrogens is 220 g/mol. The highest BCUT2D eigenvalue weighted by Crippen LogP contribution is 2.30. The van der Waals surface area contributed by atoms with E-state index >= 15 is 0 Å². The first kappa shape index (κ1) is 11.5. The van der Waals surface area contributed by atoms with Crippen molar-refractivity contribution in [1.29, 1.82) is 0 Å². The van der Waals surface area contributed by atoms with E-state index in [-0.39, 0.29) is 5.78 Å². The van der Waals surface area contributed by atoms with Gasteiger partial charge in [-0.05, 0) is 23.8 Å². The van der Waals surface area contributed by atoms with Gasteiger partial charge in [0.1, 0.15) is 5.75 Å². The molecule has 0 aromatic heterocycles. The van der Waals surface area contributed by atoms with Gasteiger partial charge in [0.25, 0.3) is 0 Å². The summed E-state index contributed by atoms with van der Waals surface area (Å²) in [5.41, 5.74) is 1.94. The number of fused-ring (bicyclic) bond motifs is 1. The van der Waals surface area contributed by atoms with Gasteiger partial charge in [0.15, 0.2) is 5.78 Å². The first-order valence-electron chi connectivity index (χ1n) is 5.68. The van der Waals surface area contributed by atoms with Crippen LogP contribution in [0.15, 0.2) is 18.2 Å². The average Bonchev–Trinajstić information content (AvgIpc) is 2.76. The van der Waals surface area contributed by atoms with Crippen molar-refractivity contribution in [2.75, 3.05) is 18.1 Å². The summed E-state index contributed by atoms with van der Waals surface area (Å²) in [4.78, 5) is 12.0. The van der Waals surface area contributed by atoms with Crippen molar-refractivity contribution >= 4 is 17.5 Å². The van der Waals surface area contributed by atoms with Gasteiger partial charge in [0, 0.05) is 6.42 Å². The van der Waals surface area contributed by atoms with Crippen molar-refractivity contribution in [3.8, 4) is 5.75 Å². The molecule has 0 saturated heterocycles. The van der Waals surface area contributed by atoms with E-state index in [2.05, 4.69) is 6.92 Å². The van der Waals surface area contributed by atoms with Gasteiger partial charge in [-0.3, -0.25) is 4.79 Å². The van der Waals surface area contributed by atoms with Crippen LogP contribution in [0.25, 0.3) is 0 Å². The Kier molecular flexibility index (Phi) is 3.88. The molecule has 3 heteroatoms. The van der Waals surface area contributed by atoms with Crippen molar-refractivity contribution in [3.63, 3.8) is 0 Å². The largest absolute Gasteiger partial charge is 0.492 e. The lowest BCUT2D eigenvalue weighted by molar-refractivity contribution is 0.101. The predicted molar refractivity (Wildman–Crippen MR) is 67.6 cm³/mol. The monoisotopic (exact) mass is 236 g/mol. The van der Waals surface area contributed by atoms with E-state index in [1.165, 1.54) is 5.56 Å². The highest BCUT2D eigenvalue weighted by molar-refractivity contribution is 7.99. The van der Waals surface area contributed by atoms with Crippen LogP contribution in [0, 0.1) is 0 Å². The van der Waals surface area contributed by atoms with E-state index in [0.29, 0.717) is 12.4 Å². The standard InChI is InChI=1S/C13H16O2S/c1-2-8-16-9-12(14)11-5-3-4-10-6-7-15-13(10)11/h3-5H,2,6-9H2,1H3. The minimum atomic E-state index is 0.192. The van der Waals surface area contributed by atoms with E-state index in [1.807, 2.05) is 18.2 Å². The summed E-state index contributed by atoms with van der Waals surface area (Å²) in [6.45, 7) is 2.84. The molecule has 0 bridgehead atoms. The summed E-state index contributed by atoms with van der Waals surface area (Å²) in [5, 5.41) is 0. The number of para-hydroxylation sites is 1. The lowest BCUT2D eigenvalue weighted by Crippen LogP contribution is -2.05. The number of carbonyl (C=O) groups excluding carboxylic acids is 1. The third kappa shape index (κ3) is 2.40. The average molecular weight is 236 g/mol. The van der Waals surface area contributed by atoms with Gasteiger partial charge in [-0.15, -0.1) is 0 Å². The molecule has 16 heavy (non-hydrogen) atoms. The number of hydrogen-bond acceptors (Lipinski definition) is 3. The molecule has 1 aliphatic rings. The summed E-state index contributed by atoms with van der Waals surface area (Å²) in [6, 6.07) is 5.86. The first-order chi connectivity index (χ1) is 7.83. The fourth-order valence-electron chi connectivity index (χ4n) is 1.82. The van der Waals surface area contributed by atoms with E-state index < -0.39 is 0 Å². The maximum atomic E-state index is 12.0. The molecule has 0 unspecified atom stereocenters. The van der Waals surface area contributed by atoms with E-state index in [1.54, 1.807) is 11.8 Å². The van der Waals surface area contributed by atoms with Crippen LogP contribution in [0.4, 0.5) is 0 Å². The molecule has 0 spiro atoms. The normalized spacial score (nSPS) is 13.3. The van der Waals surface area contributed by atoms with E-state index in [9.17, 15) is 4.79 Å². The van der Waals surface area contributed by atoms with Gasteiger partial charge in [-0.1, -0.05) is 19.1 Å². The Bertz CT molecular complexity index is 388. The summed E-state index contributed by atoms with van der Waals surface area (Å²) in [5.74, 6) is 2.62. The molecule has 86 valence electrons. The van der Waals surface area contributed by atoms with Crippen LogP contribution >= 0.6 is 11.8 Å². The Morgan fingerprint density at radius 1 is 1.50 bits per heavy atom. The zero-order valence-electron chi connectivity index (χ0n) is 9.49. The molecule has 1 aromatic carbocycles. The molecule has 0 saturated carbocycles. The van der Waals surface area contributed by atoms with Crippen LogP contribution < -0.4 is 4.74 Å². The molecule has 0 N–H and O–H groups in total. The van der Waals surface area contributed by atoms with Gasteiger partial charge in [-0.2, -0.15) is 11.8 Å². The minimum absolute atomic E-state index is 0.192. The molecule has 1 aliphatic heterocycles. The van der Waals surface area contributed by atoms with Crippen LogP contribution in [-0.4, -0.2) is 23.9 Å². The zero-order valence-corrected chi connectivity index (χ0v) is 10.3. The number of carbonyl (C=O) groups is 1. The molecular formula is C13H16O2S. The van der Waals surface area contributed by atoms with Crippen LogP contribution in [0.1, 0.15) is 29.3 Å². The topological polar surface area (TPSA) is 26.3 Å². The number of rotatable bonds is 5. The third-order valence-electron chi connectivity index (χ3n) is 2.60. The fraction of sp³-hybridized carbons (Fsp3) is 0.462. The lowest BCUT2D eigenvalue weighted by Gasteiger charge is -2.06. The first-order valence-corrected chi connectivity index (χ1v) is 6.84. The van der Waals surface area contributed by atoms with Crippen LogP contribution in [0.5, 0.6) is 5.75 Å². The number of ether oxygens (including phenoxy) is 1. The number of Topliss-reactive ketones (excluding diaryl/α,β-unsaturated/α-hetero) is 1.